The predicted octanol–water partition coefficient (Wildman–Crippen LogP) is 2.61. The van der Waals surface area contributed by atoms with Crippen LogP contribution in [0.4, 0.5) is 17.6 Å². The fourth-order valence-electron chi connectivity index (χ4n) is 2.26. The minimum Gasteiger partial charge on any atom is -0.296 e. The minimum atomic E-state index is -4.68. The highest BCUT2D eigenvalue weighted by Gasteiger charge is 2.36. The van der Waals surface area contributed by atoms with Crippen LogP contribution in [0.25, 0.3) is 0 Å². The molecule has 1 aliphatic heterocycles. The van der Waals surface area contributed by atoms with Gasteiger partial charge < -0.3 is 0 Å². The van der Waals surface area contributed by atoms with Gasteiger partial charge in [0.15, 0.2) is 0 Å². The van der Waals surface area contributed by atoms with Gasteiger partial charge in [-0.25, -0.2) is 4.39 Å². The molecule has 0 spiro atoms. The molecule has 0 saturated carbocycles. The number of carbonyl (C=O) groups is 2. The Morgan fingerprint density at radius 1 is 1.20 bits per heavy atom. The number of amides is 2. The molecule has 1 aliphatic rings. The number of hydrogen-bond acceptors (Lipinski definition) is 2. The topological polar surface area (TPSA) is 46.2 Å². The second-order valence-electron chi connectivity index (χ2n) is 4.78. The van der Waals surface area contributed by atoms with Crippen molar-refractivity contribution in [3.05, 3.63) is 35.1 Å². The second kappa shape index (κ2) is 4.88. The average Bonchev–Trinajstić information content (AvgIpc) is 2.32. The number of halogens is 4. The van der Waals surface area contributed by atoms with Crippen molar-refractivity contribution in [1.82, 2.24) is 5.32 Å². The molecule has 7 heteroatoms. The molecule has 20 heavy (non-hydrogen) atoms. The summed E-state index contributed by atoms with van der Waals surface area (Å²) < 4.78 is 51.3. The van der Waals surface area contributed by atoms with E-state index in [2.05, 4.69) is 5.32 Å². The number of nitrogens with one attached hydrogen (secondary N) is 1. The molecule has 0 radical (unpaired) electrons. The van der Waals surface area contributed by atoms with E-state index in [1.165, 1.54) is 6.92 Å². The quantitative estimate of drug-likeness (QED) is 0.638. The summed E-state index contributed by atoms with van der Waals surface area (Å²) in [5.74, 6) is -3.64. The first-order valence-electron chi connectivity index (χ1n) is 5.90. The Balaban J connectivity index is 2.44. The van der Waals surface area contributed by atoms with E-state index >= 15 is 0 Å². The summed E-state index contributed by atoms with van der Waals surface area (Å²) >= 11 is 0. The van der Waals surface area contributed by atoms with Crippen LogP contribution in [-0.2, 0) is 15.8 Å². The Hall–Kier alpha value is -1.92. The van der Waals surface area contributed by atoms with Gasteiger partial charge in [-0.1, -0.05) is 6.92 Å². The van der Waals surface area contributed by atoms with Gasteiger partial charge in [-0.2, -0.15) is 13.2 Å². The number of hydrogen-bond donors (Lipinski definition) is 1. The molecule has 2 amide bonds. The summed E-state index contributed by atoms with van der Waals surface area (Å²) in [4.78, 5) is 22.8. The molecule has 0 bridgehead atoms. The molecule has 1 saturated heterocycles. The zero-order chi connectivity index (χ0) is 15.1. The van der Waals surface area contributed by atoms with E-state index in [0.29, 0.717) is 6.07 Å². The summed E-state index contributed by atoms with van der Waals surface area (Å²) in [6.45, 7) is 1.49. The summed E-state index contributed by atoms with van der Waals surface area (Å²) in [5.41, 5.74) is -1.12. The van der Waals surface area contributed by atoms with Crippen LogP contribution in [0, 0.1) is 11.7 Å². The van der Waals surface area contributed by atoms with Crippen LogP contribution in [0.3, 0.4) is 0 Å². The van der Waals surface area contributed by atoms with Crippen molar-refractivity contribution < 1.29 is 27.2 Å². The van der Waals surface area contributed by atoms with Crippen molar-refractivity contribution in [3.63, 3.8) is 0 Å². The lowest BCUT2D eigenvalue weighted by atomic mass is 9.81. The predicted molar refractivity (Wildman–Crippen MR) is 61.1 cm³/mol. The fraction of sp³-hybridized carbons (Fsp3) is 0.385. The van der Waals surface area contributed by atoms with Crippen molar-refractivity contribution >= 4 is 11.8 Å². The highest BCUT2D eigenvalue weighted by molar-refractivity contribution is 5.99. The molecule has 1 aromatic rings. The normalized spacial score (nSPS) is 23.6. The number of alkyl halides is 3. The Kier molecular flexibility index (Phi) is 3.54. The van der Waals surface area contributed by atoms with E-state index in [-0.39, 0.29) is 12.0 Å². The summed E-state index contributed by atoms with van der Waals surface area (Å²) in [6.07, 6.45) is -4.82. The Labute approximate surface area is 112 Å². The lowest BCUT2D eigenvalue weighted by Crippen LogP contribution is -2.43. The molecule has 1 aromatic carbocycles. The maximum Gasteiger partial charge on any atom is 0.416 e. The molecule has 3 nitrogen and oxygen atoms in total. The van der Waals surface area contributed by atoms with Crippen molar-refractivity contribution in [2.24, 2.45) is 5.92 Å². The van der Waals surface area contributed by atoms with Gasteiger partial charge in [0, 0.05) is 18.3 Å². The van der Waals surface area contributed by atoms with Gasteiger partial charge in [0.05, 0.1) is 5.56 Å². The van der Waals surface area contributed by atoms with Gasteiger partial charge in [0.1, 0.15) is 5.82 Å². The smallest absolute Gasteiger partial charge is 0.296 e. The Morgan fingerprint density at radius 3 is 2.45 bits per heavy atom. The van der Waals surface area contributed by atoms with Crippen molar-refractivity contribution in [2.75, 3.05) is 0 Å². The van der Waals surface area contributed by atoms with Crippen LogP contribution in [-0.4, -0.2) is 11.8 Å². The van der Waals surface area contributed by atoms with Crippen LogP contribution in [0.2, 0.25) is 0 Å². The second-order valence-corrected chi connectivity index (χ2v) is 4.78. The molecule has 2 rings (SSSR count). The van der Waals surface area contributed by atoms with E-state index < -0.39 is 41.2 Å². The van der Waals surface area contributed by atoms with Gasteiger partial charge in [-0.15, -0.1) is 0 Å². The third-order valence-corrected chi connectivity index (χ3v) is 3.36. The van der Waals surface area contributed by atoms with E-state index in [9.17, 15) is 27.2 Å². The standard InChI is InChI=1S/C13H11F4NO2/c1-6-10(5-11(19)18-12(6)20)7-2-8(13(15,16)17)4-9(14)3-7/h2-4,6,10H,5H2,1H3,(H,18,19,20). The van der Waals surface area contributed by atoms with E-state index in [1.54, 1.807) is 0 Å². The first kappa shape index (κ1) is 14.5. The minimum absolute atomic E-state index is 0.00743. The largest absolute Gasteiger partial charge is 0.416 e. The highest BCUT2D eigenvalue weighted by Crippen LogP contribution is 2.36. The summed E-state index contributed by atoms with van der Waals surface area (Å²) in [7, 11) is 0. The van der Waals surface area contributed by atoms with Crippen molar-refractivity contribution in [1.29, 1.82) is 0 Å². The molecule has 1 N–H and O–H groups in total. The first-order valence-corrected chi connectivity index (χ1v) is 5.90. The Bertz CT molecular complexity index is 568. The lowest BCUT2D eigenvalue weighted by Gasteiger charge is -2.28. The van der Waals surface area contributed by atoms with Crippen LogP contribution < -0.4 is 5.32 Å². The van der Waals surface area contributed by atoms with Gasteiger partial charge in [-0.05, 0) is 23.8 Å². The van der Waals surface area contributed by atoms with Gasteiger partial charge in [0.25, 0.3) is 0 Å². The van der Waals surface area contributed by atoms with Gasteiger partial charge in [0.2, 0.25) is 11.8 Å². The first-order chi connectivity index (χ1) is 9.18. The molecule has 0 aromatic heterocycles. The Morgan fingerprint density at radius 2 is 1.85 bits per heavy atom. The van der Waals surface area contributed by atoms with Gasteiger partial charge in [-0.3, -0.25) is 14.9 Å². The third-order valence-electron chi connectivity index (χ3n) is 3.36. The average molecular weight is 289 g/mol. The molecule has 2 atom stereocenters. The maximum atomic E-state index is 13.3. The van der Waals surface area contributed by atoms with Crippen LogP contribution in [0.1, 0.15) is 30.4 Å². The lowest BCUT2D eigenvalue weighted by molar-refractivity contribution is -0.137. The highest BCUT2D eigenvalue weighted by atomic mass is 19.4. The number of imide groups is 1. The summed E-state index contributed by atoms with van der Waals surface area (Å²) in [5, 5.41) is 2.09. The molecule has 1 heterocycles. The maximum absolute atomic E-state index is 13.3. The monoisotopic (exact) mass is 289 g/mol. The number of rotatable bonds is 1. The number of piperidine rings is 1. The van der Waals surface area contributed by atoms with E-state index in [0.717, 1.165) is 12.1 Å². The molecular formula is C13H11F4NO2. The van der Waals surface area contributed by atoms with Crippen molar-refractivity contribution in [3.8, 4) is 0 Å². The molecule has 0 aliphatic carbocycles. The molecule has 1 fully saturated rings. The van der Waals surface area contributed by atoms with E-state index in [1.807, 2.05) is 0 Å². The molecule has 108 valence electrons. The zero-order valence-corrected chi connectivity index (χ0v) is 10.4. The van der Waals surface area contributed by atoms with Gasteiger partial charge >= 0.3 is 6.18 Å². The third kappa shape index (κ3) is 2.81. The van der Waals surface area contributed by atoms with Crippen LogP contribution in [0.5, 0.6) is 0 Å². The molecular weight excluding hydrogens is 278 g/mol. The van der Waals surface area contributed by atoms with Crippen molar-refractivity contribution in [2.45, 2.75) is 25.4 Å². The SMILES string of the molecule is CC1C(=O)NC(=O)CC1c1cc(F)cc(C(F)(F)F)c1. The summed E-state index contributed by atoms with van der Waals surface area (Å²) in [6, 6.07) is 2.11. The van der Waals surface area contributed by atoms with E-state index in [4.69, 9.17) is 0 Å². The number of benzene rings is 1. The molecule has 2 unspecified atom stereocenters. The zero-order valence-electron chi connectivity index (χ0n) is 10.4. The van der Waals surface area contributed by atoms with Crippen LogP contribution >= 0.6 is 0 Å². The number of carbonyl (C=O) groups excluding carboxylic acids is 2. The van der Waals surface area contributed by atoms with Crippen LogP contribution in [0.15, 0.2) is 18.2 Å². The fourth-order valence-corrected chi connectivity index (χ4v) is 2.26.